The van der Waals surface area contributed by atoms with Crippen LogP contribution in [0, 0.1) is 0 Å². The van der Waals surface area contributed by atoms with Crippen molar-refractivity contribution in [1.29, 1.82) is 0 Å². The lowest BCUT2D eigenvalue weighted by molar-refractivity contribution is -0.125. The van der Waals surface area contributed by atoms with E-state index >= 15 is 0 Å². The van der Waals surface area contributed by atoms with Crippen LogP contribution in [-0.2, 0) is 14.4 Å². The van der Waals surface area contributed by atoms with Crippen molar-refractivity contribution >= 4 is 11.6 Å². The molecule has 1 aromatic rings. The van der Waals surface area contributed by atoms with E-state index in [-0.39, 0.29) is 11.5 Å². The van der Waals surface area contributed by atoms with Gasteiger partial charge in [-0.1, -0.05) is 5.16 Å². The SMILES string of the molecule is COc1c(ONC(C)=O)cc(C2=NOC3(CCOC3)C2)cc1C1CC1. The third kappa shape index (κ3) is 3.16. The normalized spacial score (nSPS) is 24.8. The van der Waals surface area contributed by atoms with Crippen LogP contribution in [0.3, 0.4) is 0 Å². The zero-order valence-corrected chi connectivity index (χ0v) is 14.5. The molecule has 1 saturated heterocycles. The van der Waals surface area contributed by atoms with E-state index in [0.717, 1.165) is 36.1 Å². The van der Waals surface area contributed by atoms with Crippen LogP contribution < -0.4 is 15.1 Å². The molecule has 0 bridgehead atoms. The lowest BCUT2D eigenvalue weighted by Gasteiger charge is -2.18. The van der Waals surface area contributed by atoms with Crippen molar-refractivity contribution < 1.29 is 23.9 Å². The molecule has 0 aromatic heterocycles. The molecule has 1 N–H and O–H groups in total. The zero-order valence-electron chi connectivity index (χ0n) is 14.5. The molecule has 0 radical (unpaired) electrons. The smallest absolute Gasteiger partial charge is 0.249 e. The molecule has 2 fully saturated rings. The summed E-state index contributed by atoms with van der Waals surface area (Å²) >= 11 is 0. The van der Waals surface area contributed by atoms with Crippen molar-refractivity contribution in [3.05, 3.63) is 23.3 Å². The first kappa shape index (κ1) is 16.2. The maximum Gasteiger partial charge on any atom is 0.249 e. The molecular formula is C18H22N2O5. The molecule has 1 aromatic carbocycles. The Morgan fingerprint density at radius 1 is 1.40 bits per heavy atom. The highest BCUT2D eigenvalue weighted by molar-refractivity contribution is 6.02. The summed E-state index contributed by atoms with van der Waals surface area (Å²) in [4.78, 5) is 22.4. The van der Waals surface area contributed by atoms with Crippen LogP contribution in [0.4, 0.5) is 0 Å². The Morgan fingerprint density at radius 2 is 2.24 bits per heavy atom. The van der Waals surface area contributed by atoms with Crippen molar-refractivity contribution in [2.75, 3.05) is 20.3 Å². The predicted molar refractivity (Wildman–Crippen MR) is 89.8 cm³/mol. The van der Waals surface area contributed by atoms with Crippen molar-refractivity contribution in [1.82, 2.24) is 5.48 Å². The van der Waals surface area contributed by atoms with Crippen molar-refractivity contribution in [3.8, 4) is 11.5 Å². The van der Waals surface area contributed by atoms with Crippen LogP contribution in [0.1, 0.15) is 49.7 Å². The molecular weight excluding hydrogens is 324 g/mol. The largest absolute Gasteiger partial charge is 0.492 e. The highest BCUT2D eigenvalue weighted by Crippen LogP contribution is 2.48. The number of hydrogen-bond donors (Lipinski definition) is 1. The van der Waals surface area contributed by atoms with E-state index in [9.17, 15) is 4.79 Å². The van der Waals surface area contributed by atoms with Gasteiger partial charge in [0.15, 0.2) is 17.1 Å². The lowest BCUT2D eigenvalue weighted by Crippen LogP contribution is -2.29. The summed E-state index contributed by atoms with van der Waals surface area (Å²) in [6.45, 7) is 2.67. The fourth-order valence-corrected chi connectivity index (χ4v) is 3.39. The molecule has 1 saturated carbocycles. The fraction of sp³-hybridized carbons (Fsp3) is 0.556. The summed E-state index contributed by atoms with van der Waals surface area (Å²) in [7, 11) is 1.61. The fourth-order valence-electron chi connectivity index (χ4n) is 3.39. The van der Waals surface area contributed by atoms with Crippen molar-refractivity contribution in [2.45, 2.75) is 44.1 Å². The minimum atomic E-state index is -0.326. The Morgan fingerprint density at radius 3 is 2.88 bits per heavy atom. The summed E-state index contributed by atoms with van der Waals surface area (Å²) in [5, 5.41) is 4.31. The molecule has 1 aliphatic carbocycles. The van der Waals surface area contributed by atoms with E-state index in [1.807, 2.05) is 6.07 Å². The van der Waals surface area contributed by atoms with Crippen LogP contribution in [0.25, 0.3) is 0 Å². The summed E-state index contributed by atoms with van der Waals surface area (Å²) in [6.07, 6.45) is 3.81. The Kier molecular flexibility index (Phi) is 4.03. The van der Waals surface area contributed by atoms with Gasteiger partial charge < -0.3 is 19.1 Å². The zero-order chi connectivity index (χ0) is 17.4. The molecule has 2 aliphatic heterocycles. The minimum absolute atomic E-state index is 0.274. The lowest BCUT2D eigenvalue weighted by atomic mass is 9.92. The van der Waals surface area contributed by atoms with Gasteiger partial charge in [-0.3, -0.25) is 4.79 Å². The van der Waals surface area contributed by atoms with Gasteiger partial charge in [0.05, 0.1) is 26.0 Å². The summed E-state index contributed by atoms with van der Waals surface area (Å²) in [6, 6.07) is 3.95. The Labute approximate surface area is 146 Å². The van der Waals surface area contributed by atoms with Crippen LogP contribution in [0.5, 0.6) is 11.5 Å². The number of oxime groups is 1. The van der Waals surface area contributed by atoms with Crippen molar-refractivity contribution in [2.24, 2.45) is 5.16 Å². The summed E-state index contributed by atoms with van der Waals surface area (Å²) < 4.78 is 11.0. The van der Waals surface area contributed by atoms with Crippen LogP contribution >= 0.6 is 0 Å². The van der Waals surface area contributed by atoms with E-state index in [4.69, 9.17) is 19.1 Å². The Bertz CT molecular complexity index is 720. The van der Waals surface area contributed by atoms with Gasteiger partial charge >= 0.3 is 0 Å². The average Bonchev–Trinajstić information content (AvgIpc) is 3.22. The number of carbonyl (C=O) groups excluding carboxylic acids is 1. The standard InChI is InChI=1S/C18H22N2O5/c1-11(21)19-24-16-8-13(7-14(12-3-4-12)17(16)22-2)15-9-18(25-20-15)5-6-23-10-18/h7-8,12H,3-6,9-10H2,1-2H3,(H,19,21). The van der Waals surface area contributed by atoms with Gasteiger partial charge in [-0.2, -0.15) is 5.48 Å². The third-order valence-corrected chi connectivity index (χ3v) is 4.85. The predicted octanol–water partition coefficient (Wildman–Crippen LogP) is 2.29. The second-order valence-electron chi connectivity index (χ2n) is 6.92. The number of carbonyl (C=O) groups is 1. The highest BCUT2D eigenvalue weighted by atomic mass is 16.7. The molecule has 1 atom stereocenters. The number of nitrogens with one attached hydrogen (secondary N) is 1. The minimum Gasteiger partial charge on any atom is -0.492 e. The molecule has 4 rings (SSSR count). The van der Waals surface area contributed by atoms with E-state index in [1.54, 1.807) is 7.11 Å². The number of hydroxylamine groups is 1. The van der Waals surface area contributed by atoms with Crippen LogP contribution in [0.2, 0.25) is 0 Å². The first-order valence-corrected chi connectivity index (χ1v) is 8.59. The van der Waals surface area contributed by atoms with Crippen molar-refractivity contribution in [3.63, 3.8) is 0 Å². The Balaban J connectivity index is 1.66. The number of hydrogen-bond acceptors (Lipinski definition) is 6. The molecule has 2 heterocycles. The third-order valence-electron chi connectivity index (χ3n) is 4.85. The first-order valence-electron chi connectivity index (χ1n) is 8.59. The summed E-state index contributed by atoms with van der Waals surface area (Å²) in [5.41, 5.74) is 4.96. The first-order chi connectivity index (χ1) is 12.1. The number of methoxy groups -OCH3 is 1. The maximum absolute atomic E-state index is 11.2. The average molecular weight is 346 g/mol. The van der Waals surface area contributed by atoms with Gasteiger partial charge in [0.25, 0.3) is 0 Å². The van der Waals surface area contributed by atoms with Crippen LogP contribution in [0.15, 0.2) is 17.3 Å². The number of nitrogens with zero attached hydrogens (tertiary/aromatic N) is 1. The maximum atomic E-state index is 11.2. The molecule has 25 heavy (non-hydrogen) atoms. The molecule has 134 valence electrons. The number of rotatable bonds is 5. The molecule has 1 spiro atoms. The van der Waals surface area contributed by atoms with Gasteiger partial charge in [0.2, 0.25) is 5.91 Å². The van der Waals surface area contributed by atoms with Gasteiger partial charge in [-0.25, -0.2) is 0 Å². The number of ether oxygens (including phenoxy) is 2. The van der Waals surface area contributed by atoms with E-state index in [1.165, 1.54) is 6.92 Å². The molecule has 7 heteroatoms. The number of benzene rings is 1. The van der Waals surface area contributed by atoms with Crippen LogP contribution in [-0.4, -0.2) is 37.5 Å². The van der Waals surface area contributed by atoms with Gasteiger partial charge in [0, 0.05) is 30.9 Å². The van der Waals surface area contributed by atoms with Gasteiger partial charge in [-0.15, -0.1) is 0 Å². The molecule has 1 amide bonds. The molecule has 3 aliphatic rings. The quantitative estimate of drug-likeness (QED) is 0.828. The monoisotopic (exact) mass is 346 g/mol. The number of amides is 1. The molecule has 7 nitrogen and oxygen atoms in total. The summed E-state index contributed by atoms with van der Waals surface area (Å²) in [5.74, 6) is 1.34. The Hall–Kier alpha value is -2.28. The van der Waals surface area contributed by atoms with E-state index < -0.39 is 0 Å². The topological polar surface area (TPSA) is 78.4 Å². The molecule has 1 unspecified atom stereocenters. The second kappa shape index (κ2) is 6.22. The van der Waals surface area contributed by atoms with Gasteiger partial charge in [0.1, 0.15) is 0 Å². The highest BCUT2D eigenvalue weighted by Gasteiger charge is 2.43. The van der Waals surface area contributed by atoms with E-state index in [2.05, 4.69) is 16.7 Å². The second-order valence-corrected chi connectivity index (χ2v) is 6.92. The van der Waals surface area contributed by atoms with Gasteiger partial charge in [-0.05, 0) is 30.9 Å². The van der Waals surface area contributed by atoms with E-state index in [0.29, 0.717) is 37.1 Å².